The molecule has 0 saturated carbocycles. The zero-order valence-electron chi connectivity index (χ0n) is 7.19. The fraction of sp³-hybridized carbons (Fsp3) is 0.500. The number of carbonyl (C=O) groups excluding carboxylic acids is 1. The lowest BCUT2D eigenvalue weighted by atomic mass is 10.2. The van der Waals surface area contributed by atoms with E-state index in [9.17, 15) is 9.00 Å². The molecule has 0 bridgehead atoms. The van der Waals surface area contributed by atoms with E-state index in [2.05, 4.69) is 8.92 Å². The summed E-state index contributed by atoms with van der Waals surface area (Å²) in [6, 6.07) is 0. The summed E-state index contributed by atoms with van der Waals surface area (Å²) < 4.78 is 27.2. The quantitative estimate of drug-likeness (QED) is 0.333. The molecule has 0 aromatic heterocycles. The van der Waals surface area contributed by atoms with Gasteiger partial charge in [-0.2, -0.15) is 4.21 Å². The first-order valence-corrected chi connectivity index (χ1v) is 4.72. The first-order valence-electron chi connectivity index (χ1n) is 3.69. The van der Waals surface area contributed by atoms with E-state index < -0.39 is 47.7 Å². The van der Waals surface area contributed by atoms with Crippen LogP contribution in [0.2, 0.25) is 0 Å². The van der Waals surface area contributed by atoms with Crippen LogP contribution in [0.1, 0.15) is 0 Å². The average Bonchev–Trinajstić information content (AvgIpc) is 2.44. The highest BCUT2D eigenvalue weighted by Crippen LogP contribution is 2.25. The third-order valence-corrected chi connectivity index (χ3v) is 1.94. The fourth-order valence-corrected chi connectivity index (χ4v) is 1.30. The Kier molecular flexibility index (Phi) is 3.63. The minimum Gasteiger partial charge on any atom is -0.499 e. The van der Waals surface area contributed by atoms with Crippen molar-refractivity contribution < 1.29 is 37.8 Å². The standard InChI is InChI=1S/C6H8O8S/c7-1-2(8)4-5(14-15(11)12)3(9)6(10)13-4/h2,4,7-9H,1H2,(H,11,12)/t2-,4+/m0/s1. The van der Waals surface area contributed by atoms with Crippen LogP contribution in [0.15, 0.2) is 11.5 Å². The Hall–Kier alpha value is -1.16. The molecule has 0 fully saturated rings. The Bertz CT molecular complexity index is 323. The Morgan fingerprint density at radius 3 is 2.67 bits per heavy atom. The number of hydrogen-bond donors (Lipinski definition) is 4. The molecule has 1 heterocycles. The third kappa shape index (κ3) is 2.45. The SMILES string of the molecule is O=C1O[C@H]([C@@H](O)CO)C(OS(=O)O)=C1O. The topological polar surface area (TPSA) is 134 Å². The summed E-state index contributed by atoms with van der Waals surface area (Å²) in [4.78, 5) is 10.8. The largest absolute Gasteiger partial charge is 0.499 e. The fourth-order valence-electron chi connectivity index (χ4n) is 0.973. The van der Waals surface area contributed by atoms with Crippen molar-refractivity contribution in [3.05, 3.63) is 11.5 Å². The maximum atomic E-state index is 10.8. The zero-order chi connectivity index (χ0) is 11.6. The van der Waals surface area contributed by atoms with Crippen molar-refractivity contribution in [3.63, 3.8) is 0 Å². The molecule has 0 aromatic rings. The van der Waals surface area contributed by atoms with Crippen LogP contribution in [-0.4, -0.2) is 48.9 Å². The normalized spacial score (nSPS) is 25.0. The van der Waals surface area contributed by atoms with Gasteiger partial charge in [-0.25, -0.2) is 4.79 Å². The van der Waals surface area contributed by atoms with E-state index in [4.69, 9.17) is 19.9 Å². The molecule has 0 spiro atoms. The summed E-state index contributed by atoms with van der Waals surface area (Å²) in [6.07, 6.45) is -3.03. The van der Waals surface area contributed by atoms with Crippen molar-refractivity contribution in [1.82, 2.24) is 0 Å². The van der Waals surface area contributed by atoms with Gasteiger partial charge in [-0.15, -0.1) is 0 Å². The summed E-state index contributed by atoms with van der Waals surface area (Å²) in [5.74, 6) is -2.88. The van der Waals surface area contributed by atoms with E-state index in [1.807, 2.05) is 0 Å². The van der Waals surface area contributed by atoms with E-state index in [0.717, 1.165) is 0 Å². The molecule has 9 heteroatoms. The number of rotatable bonds is 4. The minimum atomic E-state index is -2.77. The molecule has 1 aliphatic heterocycles. The molecule has 3 atom stereocenters. The first-order chi connectivity index (χ1) is 6.97. The second-order valence-electron chi connectivity index (χ2n) is 2.59. The number of hydrogen-bond acceptors (Lipinski definition) is 7. The van der Waals surface area contributed by atoms with Gasteiger partial charge in [0.2, 0.25) is 11.5 Å². The smallest absolute Gasteiger partial charge is 0.378 e. The molecule has 15 heavy (non-hydrogen) atoms. The maximum Gasteiger partial charge on any atom is 0.378 e. The summed E-state index contributed by atoms with van der Waals surface area (Å²) in [6.45, 7) is -0.768. The second kappa shape index (κ2) is 4.57. The van der Waals surface area contributed by atoms with Crippen LogP contribution < -0.4 is 0 Å². The number of aliphatic hydroxyl groups excluding tert-OH is 3. The highest BCUT2D eigenvalue weighted by atomic mass is 32.2. The van der Waals surface area contributed by atoms with Gasteiger partial charge >= 0.3 is 17.3 Å². The first kappa shape index (κ1) is 11.9. The number of cyclic esters (lactones) is 1. The van der Waals surface area contributed by atoms with Gasteiger partial charge in [-0.1, -0.05) is 0 Å². The van der Waals surface area contributed by atoms with E-state index in [1.165, 1.54) is 0 Å². The molecule has 1 aliphatic rings. The van der Waals surface area contributed by atoms with E-state index in [-0.39, 0.29) is 0 Å². The van der Waals surface area contributed by atoms with E-state index in [1.54, 1.807) is 0 Å². The predicted octanol–water partition coefficient (Wildman–Crippen LogP) is -1.81. The molecule has 0 aliphatic carbocycles. The number of ether oxygens (including phenoxy) is 1. The van der Waals surface area contributed by atoms with Gasteiger partial charge in [0.15, 0.2) is 6.10 Å². The van der Waals surface area contributed by atoms with Gasteiger partial charge in [0.25, 0.3) is 0 Å². The molecule has 0 amide bonds. The molecule has 0 radical (unpaired) electrons. The van der Waals surface area contributed by atoms with Crippen LogP contribution in [0.5, 0.6) is 0 Å². The second-order valence-corrected chi connectivity index (χ2v) is 3.19. The predicted molar refractivity (Wildman–Crippen MR) is 44.5 cm³/mol. The third-order valence-electron chi connectivity index (χ3n) is 1.62. The Labute approximate surface area is 86.2 Å². The number of aliphatic hydroxyl groups is 3. The molecule has 1 rings (SSSR count). The van der Waals surface area contributed by atoms with Crippen LogP contribution >= 0.6 is 0 Å². The number of esters is 1. The van der Waals surface area contributed by atoms with Gasteiger partial charge in [0.05, 0.1) is 6.61 Å². The Morgan fingerprint density at radius 2 is 2.20 bits per heavy atom. The molecule has 4 N–H and O–H groups in total. The summed E-state index contributed by atoms with van der Waals surface area (Å²) >= 11 is -2.77. The van der Waals surface area contributed by atoms with Crippen LogP contribution in [-0.2, 0) is 25.1 Å². The van der Waals surface area contributed by atoms with Crippen molar-refractivity contribution >= 4 is 17.3 Å². The Morgan fingerprint density at radius 1 is 1.60 bits per heavy atom. The van der Waals surface area contributed by atoms with Crippen molar-refractivity contribution in [2.24, 2.45) is 0 Å². The molecular formula is C6H8O8S. The van der Waals surface area contributed by atoms with E-state index in [0.29, 0.717) is 0 Å². The van der Waals surface area contributed by atoms with Crippen molar-refractivity contribution in [2.75, 3.05) is 6.61 Å². The highest BCUT2D eigenvalue weighted by molar-refractivity contribution is 7.74. The van der Waals surface area contributed by atoms with Gasteiger partial charge < -0.3 is 24.2 Å². The molecule has 0 saturated heterocycles. The number of carbonyl (C=O) groups is 1. The van der Waals surface area contributed by atoms with Crippen LogP contribution in [0.25, 0.3) is 0 Å². The molecule has 1 unspecified atom stereocenters. The monoisotopic (exact) mass is 240 g/mol. The lowest BCUT2D eigenvalue weighted by Crippen LogP contribution is -2.32. The van der Waals surface area contributed by atoms with Crippen molar-refractivity contribution in [1.29, 1.82) is 0 Å². The lowest BCUT2D eigenvalue weighted by molar-refractivity contribution is -0.147. The zero-order valence-corrected chi connectivity index (χ0v) is 8.01. The Balaban J connectivity index is 2.92. The summed E-state index contributed by atoms with van der Waals surface area (Å²) in [5, 5.41) is 26.8. The van der Waals surface area contributed by atoms with Crippen molar-refractivity contribution in [2.45, 2.75) is 12.2 Å². The molecule has 8 nitrogen and oxygen atoms in total. The van der Waals surface area contributed by atoms with Gasteiger partial charge in [-0.3, -0.25) is 4.55 Å². The van der Waals surface area contributed by atoms with Crippen LogP contribution in [0.3, 0.4) is 0 Å². The van der Waals surface area contributed by atoms with Gasteiger partial charge in [-0.05, 0) is 0 Å². The molecule has 86 valence electrons. The average molecular weight is 240 g/mol. The van der Waals surface area contributed by atoms with Gasteiger partial charge in [0, 0.05) is 0 Å². The molecule has 0 aromatic carbocycles. The summed E-state index contributed by atoms with van der Waals surface area (Å²) in [7, 11) is 0. The maximum absolute atomic E-state index is 10.8. The van der Waals surface area contributed by atoms with Crippen LogP contribution in [0.4, 0.5) is 0 Å². The minimum absolute atomic E-state index is 0.678. The van der Waals surface area contributed by atoms with Crippen molar-refractivity contribution in [3.8, 4) is 0 Å². The van der Waals surface area contributed by atoms with E-state index >= 15 is 0 Å². The van der Waals surface area contributed by atoms with Gasteiger partial charge in [0.1, 0.15) is 6.10 Å². The molecular weight excluding hydrogens is 232 g/mol. The summed E-state index contributed by atoms with van der Waals surface area (Å²) in [5.41, 5.74) is 0. The van der Waals surface area contributed by atoms with Crippen LogP contribution in [0, 0.1) is 0 Å². The lowest BCUT2D eigenvalue weighted by Gasteiger charge is -2.16. The highest BCUT2D eigenvalue weighted by Gasteiger charge is 2.41.